The number of rotatable bonds is 10. The van der Waals surface area contributed by atoms with Crippen LogP contribution in [-0.4, -0.2) is 24.4 Å². The Morgan fingerprint density at radius 3 is 1.62 bits per heavy atom. The van der Waals surface area contributed by atoms with Crippen LogP contribution in [0.5, 0.6) is 0 Å². The third-order valence-electron chi connectivity index (χ3n) is 12.2. The molecule has 56 heavy (non-hydrogen) atoms. The highest BCUT2D eigenvalue weighted by Crippen LogP contribution is 2.52. The van der Waals surface area contributed by atoms with Gasteiger partial charge in [-0.1, -0.05) is 163 Å². The van der Waals surface area contributed by atoms with Crippen LogP contribution in [-0.2, 0) is 36.5 Å². The lowest BCUT2D eigenvalue weighted by atomic mass is 9.67. The monoisotopic (exact) mass is 745 g/mol. The second kappa shape index (κ2) is 14.9. The molecule has 0 saturated heterocycles. The average molecular weight is 746 g/mol. The van der Waals surface area contributed by atoms with E-state index in [4.69, 9.17) is 11.6 Å². The Hall–Kier alpha value is -5.96. The molecule has 7 aromatic carbocycles. The SMILES string of the molecule is CN1/C(=C/C=C/C2=[N+](C)c3ccc4ccccc4c3C2(Cc2ccccc2)Cc2ccccc2)C(Cc2ccccc2)(Cc2ccccc2)c2cc(Cl)ccc21. The molecule has 274 valence electrons. The van der Waals surface area contributed by atoms with Gasteiger partial charge in [0.2, 0.25) is 5.69 Å². The highest BCUT2D eigenvalue weighted by molar-refractivity contribution is 6.30. The molecule has 9 rings (SSSR count). The van der Waals surface area contributed by atoms with Crippen molar-refractivity contribution in [2.24, 2.45) is 0 Å². The van der Waals surface area contributed by atoms with E-state index in [2.05, 4.69) is 212 Å². The van der Waals surface area contributed by atoms with E-state index in [-0.39, 0.29) is 10.8 Å². The Kier molecular flexibility index (Phi) is 9.53. The summed E-state index contributed by atoms with van der Waals surface area (Å²) in [5.41, 5.74) is 12.3. The van der Waals surface area contributed by atoms with Crippen LogP contribution in [0.1, 0.15) is 33.4 Å². The molecule has 0 aromatic heterocycles. The van der Waals surface area contributed by atoms with Gasteiger partial charge in [0.05, 0.1) is 5.41 Å². The Bertz CT molecular complexity index is 2520. The van der Waals surface area contributed by atoms with Gasteiger partial charge < -0.3 is 4.90 Å². The van der Waals surface area contributed by atoms with Crippen LogP contribution >= 0.6 is 11.6 Å². The molecule has 2 heterocycles. The van der Waals surface area contributed by atoms with Gasteiger partial charge in [-0.15, -0.1) is 0 Å². The smallest absolute Gasteiger partial charge is 0.210 e. The summed E-state index contributed by atoms with van der Waals surface area (Å²) >= 11 is 6.85. The van der Waals surface area contributed by atoms with Crippen LogP contribution < -0.4 is 4.90 Å². The topological polar surface area (TPSA) is 6.25 Å². The van der Waals surface area contributed by atoms with Gasteiger partial charge >= 0.3 is 0 Å². The van der Waals surface area contributed by atoms with E-state index in [0.717, 1.165) is 30.7 Å². The predicted octanol–water partition coefficient (Wildman–Crippen LogP) is 12.3. The Morgan fingerprint density at radius 1 is 0.571 bits per heavy atom. The van der Waals surface area contributed by atoms with Crippen LogP contribution in [0, 0.1) is 0 Å². The van der Waals surface area contributed by atoms with Crippen molar-refractivity contribution in [2.45, 2.75) is 36.5 Å². The maximum atomic E-state index is 6.85. The third kappa shape index (κ3) is 6.38. The zero-order valence-electron chi connectivity index (χ0n) is 32.1. The summed E-state index contributed by atoms with van der Waals surface area (Å²) in [6.45, 7) is 0. The van der Waals surface area contributed by atoms with E-state index < -0.39 is 0 Å². The first kappa shape index (κ1) is 35.7. The van der Waals surface area contributed by atoms with Crippen LogP contribution in [0.15, 0.2) is 200 Å². The molecule has 2 aliphatic heterocycles. The van der Waals surface area contributed by atoms with Crippen LogP contribution in [0.2, 0.25) is 5.02 Å². The van der Waals surface area contributed by atoms with E-state index >= 15 is 0 Å². The molecule has 2 nitrogen and oxygen atoms in total. The molecule has 0 unspecified atom stereocenters. The summed E-state index contributed by atoms with van der Waals surface area (Å²) in [7, 11) is 4.48. The summed E-state index contributed by atoms with van der Waals surface area (Å²) in [6, 6.07) is 63.9. The van der Waals surface area contributed by atoms with Crippen molar-refractivity contribution >= 4 is 39.5 Å². The molecule has 0 aliphatic carbocycles. The molecule has 3 heteroatoms. The standard InChI is InChI=1S/C53H46ClN2/c1-55-47-33-31-44(54)34-46(47)52(35-39-18-7-3-8-19-39,36-40-20-9-4-10-21-40)49(55)28-17-29-50-53(37-41-22-11-5-12-23-41,38-42-24-13-6-14-25-42)51-45-27-16-15-26-43(45)30-32-48(51)56(50)2/h3-34H,35-38H2,1-2H3/q+1. The molecule has 0 spiro atoms. The molecule has 0 fully saturated rings. The lowest BCUT2D eigenvalue weighted by Gasteiger charge is -2.34. The zero-order valence-corrected chi connectivity index (χ0v) is 32.8. The van der Waals surface area contributed by atoms with Gasteiger partial charge in [-0.25, -0.2) is 0 Å². The zero-order chi connectivity index (χ0) is 38.1. The molecular formula is C53H46ClN2+. The fourth-order valence-electron chi connectivity index (χ4n) is 9.80. The number of nitrogens with zero attached hydrogens (tertiary/aromatic N) is 2. The van der Waals surface area contributed by atoms with Crippen LogP contribution in [0.25, 0.3) is 10.8 Å². The molecular weight excluding hydrogens is 700 g/mol. The van der Waals surface area contributed by atoms with Crippen molar-refractivity contribution < 1.29 is 4.58 Å². The highest BCUT2D eigenvalue weighted by Gasteiger charge is 2.51. The van der Waals surface area contributed by atoms with E-state index in [9.17, 15) is 0 Å². The Morgan fingerprint density at radius 2 is 1.07 bits per heavy atom. The van der Waals surface area contributed by atoms with Crippen molar-refractivity contribution in [3.63, 3.8) is 0 Å². The Balaban J connectivity index is 1.24. The van der Waals surface area contributed by atoms with Crippen molar-refractivity contribution in [3.05, 3.63) is 238 Å². The van der Waals surface area contributed by atoms with E-state index in [1.807, 2.05) is 6.07 Å². The first-order valence-electron chi connectivity index (χ1n) is 19.7. The first-order valence-corrected chi connectivity index (χ1v) is 20.0. The number of benzene rings is 7. The van der Waals surface area contributed by atoms with Gasteiger partial charge in [-0.3, -0.25) is 0 Å². The molecule has 0 saturated carbocycles. The van der Waals surface area contributed by atoms with Crippen molar-refractivity contribution in [2.75, 3.05) is 19.0 Å². The molecule has 7 aromatic rings. The summed E-state index contributed by atoms with van der Waals surface area (Å²) in [6.07, 6.45) is 10.6. The third-order valence-corrected chi connectivity index (χ3v) is 12.4. The second-order valence-corrected chi connectivity index (χ2v) is 16.0. The Labute approximate surface area is 336 Å². The normalized spacial score (nSPS) is 16.2. The minimum absolute atomic E-state index is 0.327. The molecule has 2 aliphatic rings. The number of allylic oxidation sites excluding steroid dienone is 4. The molecule has 0 N–H and O–H groups in total. The van der Waals surface area contributed by atoms with Crippen molar-refractivity contribution in [1.82, 2.24) is 0 Å². The van der Waals surface area contributed by atoms with Gasteiger partial charge in [0.15, 0.2) is 5.71 Å². The number of halogens is 1. The van der Waals surface area contributed by atoms with Crippen molar-refractivity contribution in [1.29, 1.82) is 0 Å². The van der Waals surface area contributed by atoms with Gasteiger partial charge in [0.25, 0.3) is 0 Å². The molecule has 0 radical (unpaired) electrons. The number of hydrogen-bond acceptors (Lipinski definition) is 1. The summed E-state index contributed by atoms with van der Waals surface area (Å²) in [4.78, 5) is 2.40. The minimum atomic E-state index is -0.349. The van der Waals surface area contributed by atoms with Gasteiger partial charge in [0, 0.05) is 46.6 Å². The lowest BCUT2D eigenvalue weighted by Crippen LogP contribution is -2.39. The van der Waals surface area contributed by atoms with Gasteiger partial charge in [0.1, 0.15) is 7.05 Å². The van der Waals surface area contributed by atoms with Gasteiger partial charge in [-0.05, 0) is 94.6 Å². The number of fused-ring (bicyclic) bond motifs is 4. The summed E-state index contributed by atoms with van der Waals surface area (Å²) < 4.78 is 2.46. The molecule has 0 atom stereocenters. The highest BCUT2D eigenvalue weighted by atomic mass is 35.5. The lowest BCUT2D eigenvalue weighted by molar-refractivity contribution is -0.401. The second-order valence-electron chi connectivity index (χ2n) is 15.6. The largest absolute Gasteiger partial charge is 0.347 e. The average Bonchev–Trinajstić information content (AvgIpc) is 3.58. The quantitative estimate of drug-likeness (QED) is 0.126. The predicted molar refractivity (Wildman–Crippen MR) is 236 cm³/mol. The number of likely N-dealkylation sites (N-methyl/N-ethyl adjacent to an activating group) is 1. The first-order chi connectivity index (χ1) is 27.4. The van der Waals surface area contributed by atoms with Gasteiger partial charge in [-0.2, -0.15) is 4.58 Å². The number of hydrogen-bond donors (Lipinski definition) is 0. The minimum Gasteiger partial charge on any atom is -0.347 e. The van der Waals surface area contributed by atoms with E-state index in [1.54, 1.807) is 0 Å². The van der Waals surface area contributed by atoms with Crippen LogP contribution in [0.4, 0.5) is 11.4 Å². The maximum Gasteiger partial charge on any atom is 0.210 e. The van der Waals surface area contributed by atoms with Crippen LogP contribution in [0.3, 0.4) is 0 Å². The van der Waals surface area contributed by atoms with E-state index in [1.165, 1.54) is 66.9 Å². The summed E-state index contributed by atoms with van der Waals surface area (Å²) in [5.74, 6) is 0. The molecule has 0 amide bonds. The fourth-order valence-corrected chi connectivity index (χ4v) is 9.97. The fraction of sp³-hybridized carbons (Fsp3) is 0.151. The summed E-state index contributed by atoms with van der Waals surface area (Å²) in [5, 5.41) is 3.35. The van der Waals surface area contributed by atoms with E-state index in [0.29, 0.717) is 0 Å². The maximum absolute atomic E-state index is 6.85. The van der Waals surface area contributed by atoms with Crippen molar-refractivity contribution in [3.8, 4) is 0 Å². The molecule has 0 bridgehead atoms. The number of anilines is 1.